The Morgan fingerprint density at radius 2 is 2.11 bits per heavy atom. The molecule has 2 unspecified atom stereocenters. The number of nitrogens with two attached hydrogens (primary N) is 1. The zero-order valence-corrected chi connectivity index (χ0v) is 18.9. The van der Waals surface area contributed by atoms with Gasteiger partial charge in [0.25, 0.3) is 5.56 Å². The number of hydrogen-bond donors (Lipinski definition) is 2. The normalized spacial score (nSPS) is 18.3. The summed E-state index contributed by atoms with van der Waals surface area (Å²) in [5, 5.41) is 0.844. The van der Waals surface area contributed by atoms with Gasteiger partial charge in [-0.2, -0.15) is 0 Å². The maximum Gasteiger partial charge on any atom is 0.263 e. The first-order valence-corrected chi connectivity index (χ1v) is 11.6. The van der Waals surface area contributed by atoms with Gasteiger partial charge in [-0.05, 0) is 48.5 Å². The van der Waals surface area contributed by atoms with Gasteiger partial charge in [0.1, 0.15) is 4.83 Å². The zero-order valence-electron chi connectivity index (χ0n) is 18.1. The second kappa shape index (κ2) is 8.54. The molecule has 3 N–H and O–H groups in total. The quantitative estimate of drug-likeness (QED) is 0.497. The molecule has 28 heavy (non-hydrogen) atoms. The van der Waals surface area contributed by atoms with Crippen LogP contribution in [0.1, 0.15) is 77.2 Å². The summed E-state index contributed by atoms with van der Waals surface area (Å²) in [5.41, 5.74) is 4.31. The average Bonchev–Trinajstić information content (AvgIpc) is 3.03. The van der Waals surface area contributed by atoms with Crippen molar-refractivity contribution in [3.8, 4) is 0 Å². The van der Waals surface area contributed by atoms with Gasteiger partial charge in [-0.15, -0.1) is 11.3 Å². The Bertz CT molecular complexity index is 877. The van der Waals surface area contributed by atoms with Crippen molar-refractivity contribution in [2.45, 2.75) is 86.1 Å². The van der Waals surface area contributed by atoms with Gasteiger partial charge in [-0.3, -0.25) is 14.8 Å². The lowest BCUT2D eigenvalue weighted by molar-refractivity contribution is 0.218. The maximum absolute atomic E-state index is 13.5. The maximum atomic E-state index is 13.5. The number of anilines is 1. The summed E-state index contributed by atoms with van der Waals surface area (Å²) in [7, 11) is 0. The minimum atomic E-state index is 0.0830. The van der Waals surface area contributed by atoms with Crippen molar-refractivity contribution in [3.05, 3.63) is 20.8 Å². The molecule has 5 nitrogen and oxygen atoms in total. The van der Waals surface area contributed by atoms with E-state index in [2.05, 4.69) is 40.0 Å². The van der Waals surface area contributed by atoms with Crippen LogP contribution in [0.25, 0.3) is 10.2 Å². The molecule has 0 saturated heterocycles. The first-order chi connectivity index (χ1) is 13.3. The van der Waals surface area contributed by atoms with Gasteiger partial charge >= 0.3 is 0 Å². The van der Waals surface area contributed by atoms with Gasteiger partial charge in [0, 0.05) is 11.4 Å². The summed E-state index contributed by atoms with van der Waals surface area (Å²) in [4.78, 5) is 20.4. The number of hydrazine groups is 1. The molecular formula is C22H36N4OS. The highest BCUT2D eigenvalue weighted by Crippen LogP contribution is 2.42. The molecule has 2 aromatic heterocycles. The van der Waals surface area contributed by atoms with Crippen LogP contribution in [0.5, 0.6) is 0 Å². The predicted octanol–water partition coefficient (Wildman–Crippen LogP) is 5.11. The lowest BCUT2D eigenvalue weighted by Crippen LogP contribution is -2.30. The summed E-state index contributed by atoms with van der Waals surface area (Å²) < 4.78 is 1.79. The van der Waals surface area contributed by atoms with Crippen LogP contribution in [0.3, 0.4) is 0 Å². The van der Waals surface area contributed by atoms with Crippen LogP contribution in [0, 0.1) is 17.3 Å². The van der Waals surface area contributed by atoms with Crippen LogP contribution in [-0.4, -0.2) is 9.55 Å². The van der Waals surface area contributed by atoms with Crippen molar-refractivity contribution < 1.29 is 0 Å². The minimum Gasteiger partial charge on any atom is -0.294 e. The Morgan fingerprint density at radius 1 is 1.36 bits per heavy atom. The third-order valence-corrected chi connectivity index (χ3v) is 7.65. The molecule has 0 bridgehead atoms. The molecule has 6 heteroatoms. The zero-order chi connectivity index (χ0) is 20.5. The molecule has 0 radical (unpaired) electrons. The molecular weight excluding hydrogens is 368 g/mol. The first kappa shape index (κ1) is 21.3. The Morgan fingerprint density at radius 3 is 2.71 bits per heavy atom. The number of aryl methyl sites for hydroxylation is 1. The number of nitrogens with zero attached hydrogens (tertiary/aromatic N) is 2. The number of aromatic nitrogens is 2. The lowest BCUT2D eigenvalue weighted by atomic mass is 9.72. The van der Waals surface area contributed by atoms with E-state index in [1.807, 2.05) is 0 Å². The van der Waals surface area contributed by atoms with E-state index < -0.39 is 0 Å². The number of nitrogen functional groups attached to an aromatic ring is 1. The molecule has 0 fully saturated rings. The van der Waals surface area contributed by atoms with E-state index in [9.17, 15) is 4.79 Å². The number of hydrogen-bond acceptors (Lipinski definition) is 5. The fourth-order valence-electron chi connectivity index (χ4n) is 4.45. The van der Waals surface area contributed by atoms with Crippen LogP contribution in [0.15, 0.2) is 4.79 Å². The molecule has 0 saturated carbocycles. The van der Waals surface area contributed by atoms with E-state index in [4.69, 9.17) is 10.8 Å². The highest BCUT2D eigenvalue weighted by atomic mass is 32.1. The fraction of sp³-hybridized carbons (Fsp3) is 0.727. The third-order valence-electron chi connectivity index (χ3n) is 6.51. The Balaban J connectivity index is 2.03. The Hall–Kier alpha value is -1.40. The van der Waals surface area contributed by atoms with Gasteiger partial charge in [0.15, 0.2) is 0 Å². The van der Waals surface area contributed by atoms with Gasteiger partial charge in [0.2, 0.25) is 5.95 Å². The molecule has 1 aliphatic rings. The molecule has 1 aliphatic carbocycles. The number of nitrogens with one attached hydrogen (secondary N) is 1. The molecule has 3 rings (SSSR count). The van der Waals surface area contributed by atoms with Crippen molar-refractivity contribution in [1.29, 1.82) is 0 Å². The summed E-state index contributed by atoms with van der Waals surface area (Å²) in [6, 6.07) is 0. The smallest absolute Gasteiger partial charge is 0.263 e. The fourth-order valence-corrected chi connectivity index (χ4v) is 5.74. The molecule has 0 aliphatic heterocycles. The van der Waals surface area contributed by atoms with E-state index in [1.165, 1.54) is 23.3 Å². The lowest BCUT2D eigenvalue weighted by Gasteiger charge is -2.33. The van der Waals surface area contributed by atoms with E-state index in [1.54, 1.807) is 15.9 Å². The SMILES string of the molecule is CCCCC(CC)Cn1c(NN)nc2sc3c(c2c1=O)CCC(C(C)(C)C)C3. The molecule has 2 heterocycles. The molecule has 2 aromatic rings. The van der Waals surface area contributed by atoms with Crippen LogP contribution in [0.4, 0.5) is 5.95 Å². The number of unbranched alkanes of at least 4 members (excludes halogenated alkanes) is 1. The second-order valence-corrected chi connectivity index (χ2v) is 10.5. The summed E-state index contributed by atoms with van der Waals surface area (Å²) in [6.45, 7) is 12.1. The van der Waals surface area contributed by atoms with Crippen LogP contribution >= 0.6 is 11.3 Å². The molecule has 2 atom stereocenters. The number of fused-ring (bicyclic) bond motifs is 3. The van der Waals surface area contributed by atoms with Crippen molar-refractivity contribution in [1.82, 2.24) is 9.55 Å². The van der Waals surface area contributed by atoms with Gasteiger partial charge in [0.05, 0.1) is 5.39 Å². The minimum absolute atomic E-state index is 0.0830. The van der Waals surface area contributed by atoms with E-state index in [0.29, 0.717) is 29.7 Å². The summed E-state index contributed by atoms with van der Waals surface area (Å²) >= 11 is 1.69. The largest absolute Gasteiger partial charge is 0.294 e. The standard InChI is InChI=1S/C22H36N4OS/c1-6-8-9-14(7-2)13-26-20(27)18-16-11-10-15(22(3,4)5)12-17(16)28-19(18)24-21(26)25-23/h14-15H,6-13,23H2,1-5H3,(H,24,25). The number of thiophene rings is 1. The van der Waals surface area contributed by atoms with E-state index >= 15 is 0 Å². The van der Waals surface area contributed by atoms with E-state index in [-0.39, 0.29) is 5.56 Å². The highest BCUT2D eigenvalue weighted by Gasteiger charge is 2.32. The van der Waals surface area contributed by atoms with Gasteiger partial charge in [-0.25, -0.2) is 10.8 Å². The second-order valence-electron chi connectivity index (χ2n) is 9.40. The van der Waals surface area contributed by atoms with Crippen LogP contribution in [0.2, 0.25) is 0 Å². The van der Waals surface area contributed by atoms with Crippen LogP contribution in [-0.2, 0) is 19.4 Å². The van der Waals surface area contributed by atoms with Crippen molar-refractivity contribution in [3.63, 3.8) is 0 Å². The molecule has 0 aromatic carbocycles. The molecule has 0 amide bonds. The predicted molar refractivity (Wildman–Crippen MR) is 120 cm³/mol. The Kier molecular flexibility index (Phi) is 6.50. The third kappa shape index (κ3) is 4.13. The molecule has 156 valence electrons. The monoisotopic (exact) mass is 404 g/mol. The first-order valence-electron chi connectivity index (χ1n) is 10.8. The summed E-state index contributed by atoms with van der Waals surface area (Å²) in [5.74, 6) is 7.39. The van der Waals surface area contributed by atoms with Crippen molar-refractivity contribution >= 4 is 27.5 Å². The highest BCUT2D eigenvalue weighted by molar-refractivity contribution is 7.18. The topological polar surface area (TPSA) is 72.9 Å². The van der Waals surface area contributed by atoms with Crippen molar-refractivity contribution in [2.24, 2.45) is 23.1 Å². The average molecular weight is 405 g/mol. The van der Waals surface area contributed by atoms with Crippen LogP contribution < -0.4 is 16.8 Å². The molecule has 0 spiro atoms. The summed E-state index contributed by atoms with van der Waals surface area (Å²) in [6.07, 6.45) is 7.75. The number of rotatable bonds is 7. The van der Waals surface area contributed by atoms with E-state index in [0.717, 1.165) is 42.3 Å². The van der Waals surface area contributed by atoms with Crippen molar-refractivity contribution in [2.75, 3.05) is 5.43 Å². The van der Waals surface area contributed by atoms with Gasteiger partial charge in [-0.1, -0.05) is 53.9 Å². The Labute approximate surface area is 172 Å². The van der Waals surface area contributed by atoms with Gasteiger partial charge < -0.3 is 0 Å².